The Morgan fingerprint density at radius 1 is 1.36 bits per heavy atom. The van der Waals surface area contributed by atoms with Crippen LogP contribution in [0.4, 0.5) is 0 Å². The van der Waals surface area contributed by atoms with E-state index in [9.17, 15) is 5.11 Å². The van der Waals surface area contributed by atoms with Crippen LogP contribution in [0.1, 0.15) is 54.4 Å². The average Bonchev–Trinajstić information content (AvgIpc) is 2.36. The van der Waals surface area contributed by atoms with Gasteiger partial charge in [0, 0.05) is 18.1 Å². The summed E-state index contributed by atoms with van der Waals surface area (Å²) in [7, 11) is 1.66. The maximum atomic E-state index is 9.99. The van der Waals surface area contributed by atoms with E-state index in [4.69, 9.17) is 9.47 Å². The van der Waals surface area contributed by atoms with Crippen molar-refractivity contribution in [2.24, 2.45) is 5.41 Å². The highest BCUT2D eigenvalue weighted by atomic mass is 16.7. The van der Waals surface area contributed by atoms with Gasteiger partial charge in [0.05, 0.1) is 6.10 Å². The normalized spacial score (nSPS) is 24.3. The van der Waals surface area contributed by atoms with Crippen LogP contribution in [0, 0.1) is 17.3 Å². The SMILES string of the molecule is C=C[C@@](C)(O)C#CC1=C(C)CC(OC(C)(C)OC)CC1(C)C. The van der Waals surface area contributed by atoms with Crippen molar-refractivity contribution < 1.29 is 14.6 Å². The fourth-order valence-electron chi connectivity index (χ4n) is 2.81. The van der Waals surface area contributed by atoms with Crippen LogP contribution in [-0.4, -0.2) is 29.7 Å². The molecule has 0 heterocycles. The number of ether oxygens (including phenoxy) is 2. The second kappa shape index (κ2) is 6.58. The van der Waals surface area contributed by atoms with Gasteiger partial charge in [0.1, 0.15) is 5.60 Å². The van der Waals surface area contributed by atoms with E-state index < -0.39 is 11.4 Å². The van der Waals surface area contributed by atoms with Crippen LogP contribution in [0.3, 0.4) is 0 Å². The van der Waals surface area contributed by atoms with Crippen LogP contribution in [0.15, 0.2) is 23.8 Å². The molecule has 1 unspecified atom stereocenters. The Bertz CT molecular complexity index is 513. The first-order chi connectivity index (χ1) is 9.92. The molecule has 22 heavy (non-hydrogen) atoms. The average molecular weight is 306 g/mol. The van der Waals surface area contributed by atoms with Crippen molar-refractivity contribution in [1.82, 2.24) is 0 Å². The molecule has 0 aromatic rings. The molecule has 1 aliphatic rings. The third-order valence-electron chi connectivity index (χ3n) is 4.16. The fourth-order valence-corrected chi connectivity index (χ4v) is 2.81. The Hall–Kier alpha value is -1.08. The van der Waals surface area contributed by atoms with E-state index in [1.54, 1.807) is 14.0 Å². The standard InChI is InChI=1S/C19H30O3/c1-9-19(7,20)11-10-16-14(2)12-15(13-17(16,3)4)22-18(5,6)21-8/h9,15,20H,1,12-13H2,2-8H3/t15?,19-/m1/s1. The van der Waals surface area contributed by atoms with Crippen molar-refractivity contribution in [2.75, 3.05) is 7.11 Å². The maximum Gasteiger partial charge on any atom is 0.162 e. The van der Waals surface area contributed by atoms with Gasteiger partial charge in [-0.1, -0.05) is 37.8 Å². The van der Waals surface area contributed by atoms with Crippen molar-refractivity contribution in [3.8, 4) is 11.8 Å². The molecular formula is C19H30O3. The highest BCUT2D eigenvalue weighted by Gasteiger charge is 2.36. The molecule has 1 aliphatic carbocycles. The summed E-state index contributed by atoms with van der Waals surface area (Å²) in [6, 6.07) is 0. The number of rotatable bonds is 4. The van der Waals surface area contributed by atoms with E-state index in [1.165, 1.54) is 11.6 Å². The summed E-state index contributed by atoms with van der Waals surface area (Å²) in [6.45, 7) is 15.5. The topological polar surface area (TPSA) is 38.7 Å². The minimum Gasteiger partial charge on any atom is -0.374 e. The van der Waals surface area contributed by atoms with Crippen LogP contribution in [0.5, 0.6) is 0 Å². The van der Waals surface area contributed by atoms with Crippen LogP contribution in [-0.2, 0) is 9.47 Å². The zero-order valence-electron chi connectivity index (χ0n) is 15.0. The monoisotopic (exact) mass is 306 g/mol. The molecule has 124 valence electrons. The Kier molecular flexibility index (Phi) is 5.67. The molecule has 0 aliphatic heterocycles. The van der Waals surface area contributed by atoms with Crippen molar-refractivity contribution in [3.63, 3.8) is 0 Å². The molecule has 0 fully saturated rings. The second-order valence-electron chi connectivity index (χ2n) is 7.39. The van der Waals surface area contributed by atoms with Gasteiger partial charge in [-0.15, -0.1) is 0 Å². The quantitative estimate of drug-likeness (QED) is 0.487. The van der Waals surface area contributed by atoms with E-state index in [0.29, 0.717) is 0 Å². The predicted molar refractivity (Wildman–Crippen MR) is 90.3 cm³/mol. The van der Waals surface area contributed by atoms with Crippen LogP contribution in [0.25, 0.3) is 0 Å². The van der Waals surface area contributed by atoms with Gasteiger partial charge in [0.25, 0.3) is 0 Å². The Labute approximate surface area is 135 Å². The lowest BCUT2D eigenvalue weighted by atomic mass is 9.71. The highest BCUT2D eigenvalue weighted by Crippen LogP contribution is 2.42. The lowest BCUT2D eigenvalue weighted by Crippen LogP contribution is -2.38. The summed E-state index contributed by atoms with van der Waals surface area (Å²) in [5.41, 5.74) is 1.04. The molecule has 0 bridgehead atoms. The maximum absolute atomic E-state index is 9.99. The number of hydrogen-bond donors (Lipinski definition) is 1. The van der Waals surface area contributed by atoms with E-state index in [-0.39, 0.29) is 11.5 Å². The summed E-state index contributed by atoms with van der Waals surface area (Å²) in [5.74, 6) is 5.49. The molecule has 1 rings (SSSR count). The zero-order chi connectivity index (χ0) is 17.2. The molecule has 0 saturated carbocycles. The Morgan fingerprint density at radius 2 is 1.95 bits per heavy atom. The predicted octanol–water partition coefficient (Wildman–Crippen LogP) is 3.83. The van der Waals surface area contributed by atoms with Gasteiger partial charge in [-0.2, -0.15) is 0 Å². The second-order valence-corrected chi connectivity index (χ2v) is 7.39. The van der Waals surface area contributed by atoms with E-state index in [1.807, 2.05) is 13.8 Å². The minimum atomic E-state index is -1.16. The van der Waals surface area contributed by atoms with E-state index in [2.05, 4.69) is 39.2 Å². The minimum absolute atomic E-state index is 0.0962. The summed E-state index contributed by atoms with van der Waals surface area (Å²) in [6.07, 6.45) is 3.27. The first kappa shape index (κ1) is 19.0. The molecule has 3 heteroatoms. The number of aliphatic hydroxyl groups is 1. The molecule has 0 aromatic heterocycles. The van der Waals surface area contributed by atoms with Gasteiger partial charge in [-0.25, -0.2) is 0 Å². The largest absolute Gasteiger partial charge is 0.374 e. The van der Waals surface area contributed by atoms with Gasteiger partial charge < -0.3 is 14.6 Å². The van der Waals surface area contributed by atoms with Gasteiger partial charge in [0.2, 0.25) is 0 Å². The summed E-state index contributed by atoms with van der Waals surface area (Å²) < 4.78 is 11.4. The summed E-state index contributed by atoms with van der Waals surface area (Å²) in [5, 5.41) is 9.99. The van der Waals surface area contributed by atoms with Crippen molar-refractivity contribution in [1.29, 1.82) is 0 Å². The highest BCUT2D eigenvalue weighted by molar-refractivity contribution is 5.42. The summed E-state index contributed by atoms with van der Waals surface area (Å²) >= 11 is 0. The Balaban J connectivity index is 3.04. The van der Waals surface area contributed by atoms with Crippen LogP contribution >= 0.6 is 0 Å². The molecule has 2 atom stereocenters. The van der Waals surface area contributed by atoms with Crippen molar-refractivity contribution >= 4 is 0 Å². The van der Waals surface area contributed by atoms with E-state index >= 15 is 0 Å². The lowest BCUT2D eigenvalue weighted by molar-refractivity contribution is -0.228. The summed E-state index contributed by atoms with van der Waals surface area (Å²) in [4.78, 5) is 0. The first-order valence-corrected chi connectivity index (χ1v) is 7.75. The van der Waals surface area contributed by atoms with Crippen molar-refractivity contribution in [3.05, 3.63) is 23.8 Å². The van der Waals surface area contributed by atoms with Gasteiger partial charge in [-0.05, 0) is 46.6 Å². The first-order valence-electron chi connectivity index (χ1n) is 7.75. The molecule has 0 radical (unpaired) electrons. The number of methoxy groups -OCH3 is 1. The third-order valence-corrected chi connectivity index (χ3v) is 4.16. The van der Waals surface area contributed by atoms with Crippen LogP contribution < -0.4 is 0 Å². The number of hydrogen-bond acceptors (Lipinski definition) is 3. The molecule has 0 aromatic carbocycles. The third kappa shape index (κ3) is 4.98. The van der Waals surface area contributed by atoms with Gasteiger partial charge in [0.15, 0.2) is 5.79 Å². The smallest absolute Gasteiger partial charge is 0.162 e. The zero-order valence-corrected chi connectivity index (χ0v) is 15.0. The number of allylic oxidation sites excluding steroid dienone is 1. The lowest BCUT2D eigenvalue weighted by Gasteiger charge is -2.39. The molecular weight excluding hydrogens is 276 g/mol. The molecule has 3 nitrogen and oxygen atoms in total. The molecule has 0 amide bonds. The van der Waals surface area contributed by atoms with Crippen LogP contribution in [0.2, 0.25) is 0 Å². The van der Waals surface area contributed by atoms with Gasteiger partial charge >= 0.3 is 0 Å². The Morgan fingerprint density at radius 3 is 2.41 bits per heavy atom. The van der Waals surface area contributed by atoms with Crippen molar-refractivity contribution in [2.45, 2.75) is 71.9 Å². The fraction of sp³-hybridized carbons (Fsp3) is 0.684. The molecule has 1 N–H and O–H groups in total. The molecule has 0 spiro atoms. The van der Waals surface area contributed by atoms with Gasteiger partial charge in [-0.3, -0.25) is 0 Å². The van der Waals surface area contributed by atoms with E-state index in [0.717, 1.165) is 18.4 Å². The molecule has 0 saturated heterocycles.